The zero-order valence-electron chi connectivity index (χ0n) is 8.77. The molecule has 0 aromatic heterocycles. The van der Waals surface area contributed by atoms with Crippen molar-refractivity contribution in [2.24, 2.45) is 16.8 Å². The van der Waals surface area contributed by atoms with Crippen LogP contribution in [0.25, 0.3) is 0 Å². The summed E-state index contributed by atoms with van der Waals surface area (Å²) in [5.74, 6) is -0.880. The Labute approximate surface area is 88.5 Å². The van der Waals surface area contributed by atoms with Gasteiger partial charge in [0.25, 0.3) is 0 Å². The predicted octanol–water partition coefficient (Wildman–Crippen LogP) is -0.336. The number of ether oxygens (including phenoxy) is 1. The van der Waals surface area contributed by atoms with E-state index in [4.69, 9.17) is 15.7 Å². The number of rotatable bonds is 3. The molecule has 1 heterocycles. The van der Waals surface area contributed by atoms with Crippen LogP contribution in [0.1, 0.15) is 19.8 Å². The maximum Gasteiger partial charge on any atom is 0.230 e. The number of nitrogens with one attached hydrogen (secondary N) is 1. The van der Waals surface area contributed by atoms with E-state index >= 15 is 0 Å². The highest BCUT2D eigenvalue weighted by molar-refractivity contribution is 6.01. The van der Waals surface area contributed by atoms with Crippen LogP contribution in [0.4, 0.5) is 0 Å². The van der Waals surface area contributed by atoms with Gasteiger partial charge in [-0.15, -0.1) is 0 Å². The van der Waals surface area contributed by atoms with Crippen molar-refractivity contribution in [1.29, 1.82) is 0 Å². The van der Waals surface area contributed by atoms with E-state index in [0.717, 1.165) is 12.8 Å². The Hall–Kier alpha value is -1.30. The molecule has 0 radical (unpaired) electrons. The van der Waals surface area contributed by atoms with Gasteiger partial charge >= 0.3 is 0 Å². The summed E-state index contributed by atoms with van der Waals surface area (Å²) in [6.07, 6.45) is 1.63. The van der Waals surface area contributed by atoms with Gasteiger partial charge in [-0.25, -0.2) is 0 Å². The molecule has 0 aliphatic carbocycles. The number of amides is 1. The average molecular weight is 215 g/mol. The van der Waals surface area contributed by atoms with Gasteiger partial charge < -0.3 is 21.0 Å². The number of hydrogen-bond acceptors (Lipinski definition) is 4. The van der Waals surface area contributed by atoms with Crippen LogP contribution >= 0.6 is 0 Å². The molecule has 6 heteroatoms. The molecule has 1 rings (SSSR count). The number of hydrogen-bond donors (Lipinski definition) is 3. The molecule has 1 aliphatic heterocycles. The molecule has 15 heavy (non-hydrogen) atoms. The molecular formula is C9H17N3O3. The van der Waals surface area contributed by atoms with Gasteiger partial charge in [-0.05, 0) is 19.8 Å². The molecule has 1 amide bonds. The smallest absolute Gasteiger partial charge is 0.230 e. The van der Waals surface area contributed by atoms with Crippen LogP contribution in [-0.4, -0.2) is 36.2 Å². The van der Waals surface area contributed by atoms with Gasteiger partial charge in [-0.2, -0.15) is 0 Å². The lowest BCUT2D eigenvalue weighted by atomic mass is 10.1. The van der Waals surface area contributed by atoms with Crippen LogP contribution in [0.15, 0.2) is 5.16 Å². The van der Waals surface area contributed by atoms with Gasteiger partial charge in [0.2, 0.25) is 5.91 Å². The summed E-state index contributed by atoms with van der Waals surface area (Å²) in [5, 5.41) is 14.1. The predicted molar refractivity (Wildman–Crippen MR) is 54.6 cm³/mol. The van der Waals surface area contributed by atoms with Gasteiger partial charge in [-0.3, -0.25) is 4.79 Å². The fraction of sp³-hybridized carbons (Fsp3) is 0.778. The molecule has 1 saturated heterocycles. The van der Waals surface area contributed by atoms with Crippen molar-refractivity contribution in [2.45, 2.75) is 25.8 Å². The molecular weight excluding hydrogens is 198 g/mol. The van der Waals surface area contributed by atoms with Crippen LogP contribution in [0, 0.1) is 5.92 Å². The summed E-state index contributed by atoms with van der Waals surface area (Å²) >= 11 is 0. The van der Waals surface area contributed by atoms with Crippen molar-refractivity contribution >= 4 is 11.7 Å². The van der Waals surface area contributed by atoms with Crippen LogP contribution < -0.4 is 11.1 Å². The Bertz CT molecular complexity index is 249. The maximum absolute atomic E-state index is 11.6. The lowest BCUT2D eigenvalue weighted by Crippen LogP contribution is -2.44. The fourth-order valence-corrected chi connectivity index (χ4v) is 1.39. The van der Waals surface area contributed by atoms with Crippen molar-refractivity contribution < 1.29 is 14.7 Å². The second kappa shape index (κ2) is 5.55. The van der Waals surface area contributed by atoms with Crippen molar-refractivity contribution in [1.82, 2.24) is 5.32 Å². The van der Waals surface area contributed by atoms with Crippen LogP contribution in [0.2, 0.25) is 0 Å². The molecule has 1 aliphatic rings. The summed E-state index contributed by atoms with van der Waals surface area (Å²) in [6, 6.07) is 0.139. The molecule has 1 atom stereocenters. The first-order valence-electron chi connectivity index (χ1n) is 5.00. The van der Waals surface area contributed by atoms with Crippen LogP contribution in [0.3, 0.4) is 0 Å². The van der Waals surface area contributed by atoms with E-state index in [1.165, 1.54) is 0 Å². The van der Waals surface area contributed by atoms with Crippen LogP contribution in [-0.2, 0) is 9.53 Å². The standard InChI is InChI=1S/C9H17N3O3/c1-6(8(10)12-14)9(13)11-7-2-4-15-5-3-7/h6-7,14H,2-5H2,1H3,(H2,10,12)(H,11,13). The number of amidine groups is 1. The lowest BCUT2D eigenvalue weighted by Gasteiger charge is -2.24. The Kier molecular flexibility index (Phi) is 4.36. The van der Waals surface area contributed by atoms with Crippen LogP contribution in [0.5, 0.6) is 0 Å². The Morgan fingerprint density at radius 3 is 2.73 bits per heavy atom. The summed E-state index contributed by atoms with van der Waals surface area (Å²) in [6.45, 7) is 2.94. The van der Waals surface area contributed by atoms with Crippen molar-refractivity contribution in [2.75, 3.05) is 13.2 Å². The highest BCUT2D eigenvalue weighted by Gasteiger charge is 2.22. The van der Waals surface area contributed by atoms with Gasteiger partial charge in [0, 0.05) is 19.3 Å². The van der Waals surface area contributed by atoms with E-state index in [2.05, 4.69) is 10.5 Å². The minimum atomic E-state index is -0.599. The van der Waals surface area contributed by atoms with Gasteiger partial charge in [0.15, 0.2) is 5.84 Å². The Morgan fingerprint density at radius 2 is 2.20 bits per heavy atom. The topological polar surface area (TPSA) is 96.9 Å². The SMILES string of the molecule is CC(C(=O)NC1CCOCC1)C(N)=NO. The molecule has 4 N–H and O–H groups in total. The summed E-state index contributed by atoms with van der Waals surface area (Å²) < 4.78 is 5.17. The highest BCUT2D eigenvalue weighted by atomic mass is 16.5. The van der Waals surface area contributed by atoms with E-state index in [1.807, 2.05) is 0 Å². The quantitative estimate of drug-likeness (QED) is 0.260. The molecule has 86 valence electrons. The van der Waals surface area contributed by atoms with Crippen molar-refractivity contribution in [3.63, 3.8) is 0 Å². The first kappa shape index (κ1) is 11.8. The molecule has 0 aromatic carbocycles. The molecule has 1 fully saturated rings. The van der Waals surface area contributed by atoms with Gasteiger partial charge in [-0.1, -0.05) is 5.16 Å². The molecule has 0 aromatic rings. The number of nitrogens with two attached hydrogens (primary N) is 1. The van der Waals surface area contributed by atoms with E-state index in [0.29, 0.717) is 13.2 Å². The zero-order valence-corrected chi connectivity index (χ0v) is 8.77. The minimum absolute atomic E-state index is 0.0699. The molecule has 0 saturated carbocycles. The van der Waals surface area contributed by atoms with Crippen molar-refractivity contribution in [3.05, 3.63) is 0 Å². The monoisotopic (exact) mass is 215 g/mol. The normalized spacial score (nSPS) is 21.0. The largest absolute Gasteiger partial charge is 0.409 e. The number of carbonyl (C=O) groups is 1. The lowest BCUT2D eigenvalue weighted by molar-refractivity contribution is -0.124. The first-order valence-corrected chi connectivity index (χ1v) is 5.00. The average Bonchev–Trinajstić information content (AvgIpc) is 2.28. The fourth-order valence-electron chi connectivity index (χ4n) is 1.39. The Balaban J connectivity index is 2.40. The number of oxime groups is 1. The second-order valence-electron chi connectivity index (χ2n) is 3.64. The van der Waals surface area contributed by atoms with E-state index in [9.17, 15) is 4.79 Å². The zero-order chi connectivity index (χ0) is 11.3. The number of nitrogens with zero attached hydrogens (tertiary/aromatic N) is 1. The van der Waals surface area contributed by atoms with Crippen molar-refractivity contribution in [3.8, 4) is 0 Å². The van der Waals surface area contributed by atoms with Gasteiger partial charge in [0.05, 0.1) is 5.92 Å². The van der Waals surface area contributed by atoms with E-state index < -0.39 is 5.92 Å². The van der Waals surface area contributed by atoms with E-state index in [1.54, 1.807) is 6.92 Å². The summed E-state index contributed by atoms with van der Waals surface area (Å²) in [7, 11) is 0. The minimum Gasteiger partial charge on any atom is -0.409 e. The molecule has 1 unspecified atom stereocenters. The third-order valence-electron chi connectivity index (χ3n) is 2.52. The summed E-state index contributed by atoms with van der Waals surface area (Å²) in [5.41, 5.74) is 5.34. The summed E-state index contributed by atoms with van der Waals surface area (Å²) in [4.78, 5) is 11.6. The highest BCUT2D eigenvalue weighted by Crippen LogP contribution is 2.07. The number of carbonyl (C=O) groups excluding carboxylic acids is 1. The molecule has 0 bridgehead atoms. The first-order chi connectivity index (χ1) is 7.15. The molecule has 6 nitrogen and oxygen atoms in total. The third kappa shape index (κ3) is 3.39. The Morgan fingerprint density at radius 1 is 1.60 bits per heavy atom. The van der Waals surface area contributed by atoms with E-state index in [-0.39, 0.29) is 17.8 Å². The maximum atomic E-state index is 11.6. The molecule has 0 spiro atoms. The third-order valence-corrected chi connectivity index (χ3v) is 2.52. The second-order valence-corrected chi connectivity index (χ2v) is 3.64. The van der Waals surface area contributed by atoms with Gasteiger partial charge in [0.1, 0.15) is 0 Å².